The molecule has 1 aromatic carbocycles. The van der Waals surface area contributed by atoms with Crippen molar-refractivity contribution in [1.29, 1.82) is 0 Å². The molecule has 0 saturated carbocycles. The SMILES string of the molecule is Cc1noc(CCNCc2ccc(Cl)cc2)n1. The molecule has 17 heavy (non-hydrogen) atoms. The number of hydrogen-bond acceptors (Lipinski definition) is 4. The monoisotopic (exact) mass is 251 g/mol. The quantitative estimate of drug-likeness (QED) is 0.829. The lowest BCUT2D eigenvalue weighted by atomic mass is 10.2. The number of hydrogen-bond donors (Lipinski definition) is 1. The van der Waals surface area contributed by atoms with Gasteiger partial charge in [0.25, 0.3) is 0 Å². The maximum Gasteiger partial charge on any atom is 0.227 e. The predicted octanol–water partition coefficient (Wildman–Crippen LogP) is 2.36. The predicted molar refractivity (Wildman–Crippen MR) is 65.9 cm³/mol. The maximum atomic E-state index is 5.81. The molecule has 0 unspecified atom stereocenters. The van der Waals surface area contributed by atoms with Crippen molar-refractivity contribution < 1.29 is 4.52 Å². The third-order valence-electron chi connectivity index (χ3n) is 2.33. The highest BCUT2D eigenvalue weighted by molar-refractivity contribution is 6.30. The van der Waals surface area contributed by atoms with Gasteiger partial charge in [0.05, 0.1) is 0 Å². The highest BCUT2D eigenvalue weighted by atomic mass is 35.5. The Kier molecular flexibility index (Phi) is 4.12. The number of halogens is 1. The Bertz CT molecular complexity index is 467. The third kappa shape index (κ3) is 3.84. The number of benzene rings is 1. The Hall–Kier alpha value is -1.39. The lowest BCUT2D eigenvalue weighted by Crippen LogP contribution is -2.16. The Labute approximate surface area is 105 Å². The van der Waals surface area contributed by atoms with E-state index in [4.69, 9.17) is 16.1 Å². The van der Waals surface area contributed by atoms with E-state index < -0.39 is 0 Å². The molecular formula is C12H14ClN3O. The summed E-state index contributed by atoms with van der Waals surface area (Å²) in [5.74, 6) is 1.35. The fourth-order valence-corrected chi connectivity index (χ4v) is 1.60. The molecule has 0 spiro atoms. The lowest BCUT2D eigenvalue weighted by Gasteiger charge is -2.03. The zero-order chi connectivity index (χ0) is 12.1. The number of aromatic nitrogens is 2. The minimum atomic E-state index is 0.672. The molecule has 0 saturated heterocycles. The molecule has 0 bridgehead atoms. The average molecular weight is 252 g/mol. The van der Waals surface area contributed by atoms with Gasteiger partial charge in [0.2, 0.25) is 5.89 Å². The molecule has 1 aromatic heterocycles. The van der Waals surface area contributed by atoms with Gasteiger partial charge < -0.3 is 9.84 Å². The maximum absolute atomic E-state index is 5.81. The van der Waals surface area contributed by atoms with Gasteiger partial charge in [-0.15, -0.1) is 0 Å². The number of aryl methyl sites for hydroxylation is 1. The first kappa shape index (κ1) is 12.1. The molecule has 90 valence electrons. The number of nitrogens with zero attached hydrogens (tertiary/aromatic N) is 2. The molecular weight excluding hydrogens is 238 g/mol. The first-order valence-electron chi connectivity index (χ1n) is 5.48. The molecule has 4 nitrogen and oxygen atoms in total. The second-order valence-corrected chi connectivity index (χ2v) is 4.23. The van der Waals surface area contributed by atoms with E-state index in [1.807, 2.05) is 31.2 Å². The smallest absolute Gasteiger partial charge is 0.227 e. The summed E-state index contributed by atoms with van der Waals surface area (Å²) in [7, 11) is 0. The normalized spacial score (nSPS) is 10.7. The van der Waals surface area contributed by atoms with Crippen molar-refractivity contribution >= 4 is 11.6 Å². The molecule has 1 N–H and O–H groups in total. The summed E-state index contributed by atoms with van der Waals surface area (Å²) in [6, 6.07) is 7.79. The molecule has 0 radical (unpaired) electrons. The van der Waals surface area contributed by atoms with Crippen LogP contribution in [0.1, 0.15) is 17.3 Å². The highest BCUT2D eigenvalue weighted by Crippen LogP contribution is 2.09. The highest BCUT2D eigenvalue weighted by Gasteiger charge is 2.01. The molecule has 0 aliphatic carbocycles. The van der Waals surface area contributed by atoms with Gasteiger partial charge in [0.15, 0.2) is 5.82 Å². The van der Waals surface area contributed by atoms with E-state index in [0.29, 0.717) is 11.7 Å². The standard InChI is InChI=1S/C12H14ClN3O/c1-9-15-12(17-16-9)6-7-14-8-10-2-4-11(13)5-3-10/h2-5,14H,6-8H2,1H3. The van der Waals surface area contributed by atoms with E-state index in [-0.39, 0.29) is 0 Å². The van der Waals surface area contributed by atoms with Crippen molar-refractivity contribution in [3.05, 3.63) is 46.6 Å². The minimum absolute atomic E-state index is 0.672. The van der Waals surface area contributed by atoms with Crippen molar-refractivity contribution in [2.24, 2.45) is 0 Å². The lowest BCUT2D eigenvalue weighted by molar-refractivity contribution is 0.372. The van der Waals surface area contributed by atoms with Gasteiger partial charge in [-0.1, -0.05) is 28.9 Å². The molecule has 0 aliphatic rings. The van der Waals surface area contributed by atoms with Gasteiger partial charge in [-0.2, -0.15) is 4.98 Å². The second-order valence-electron chi connectivity index (χ2n) is 3.79. The topological polar surface area (TPSA) is 51.0 Å². The molecule has 0 fully saturated rings. The Morgan fingerprint density at radius 3 is 2.71 bits per heavy atom. The zero-order valence-corrected chi connectivity index (χ0v) is 10.4. The van der Waals surface area contributed by atoms with Crippen molar-refractivity contribution in [1.82, 2.24) is 15.5 Å². The number of nitrogens with one attached hydrogen (secondary N) is 1. The molecule has 1 heterocycles. The van der Waals surface area contributed by atoms with Gasteiger partial charge in [-0.05, 0) is 24.6 Å². The summed E-state index contributed by atoms with van der Waals surface area (Å²) >= 11 is 5.81. The van der Waals surface area contributed by atoms with E-state index in [2.05, 4.69) is 15.5 Å². The summed E-state index contributed by atoms with van der Waals surface area (Å²) in [6.45, 7) is 3.43. The molecule has 2 rings (SSSR count). The third-order valence-corrected chi connectivity index (χ3v) is 2.58. The van der Waals surface area contributed by atoms with Crippen LogP contribution in [0.25, 0.3) is 0 Å². The van der Waals surface area contributed by atoms with Crippen LogP contribution in [0.3, 0.4) is 0 Å². The molecule has 5 heteroatoms. The van der Waals surface area contributed by atoms with E-state index >= 15 is 0 Å². The molecule has 0 amide bonds. The van der Waals surface area contributed by atoms with Crippen LogP contribution in [-0.2, 0) is 13.0 Å². The average Bonchev–Trinajstić information content (AvgIpc) is 2.73. The van der Waals surface area contributed by atoms with Crippen LogP contribution in [0.15, 0.2) is 28.8 Å². The first-order valence-corrected chi connectivity index (χ1v) is 5.86. The Balaban J connectivity index is 1.71. The summed E-state index contributed by atoms with van der Waals surface area (Å²) in [4.78, 5) is 4.13. The van der Waals surface area contributed by atoms with Crippen LogP contribution in [0.5, 0.6) is 0 Å². The number of rotatable bonds is 5. The minimum Gasteiger partial charge on any atom is -0.339 e. The van der Waals surface area contributed by atoms with Crippen LogP contribution >= 0.6 is 11.6 Å². The van der Waals surface area contributed by atoms with E-state index in [9.17, 15) is 0 Å². The molecule has 0 aliphatic heterocycles. The van der Waals surface area contributed by atoms with Gasteiger partial charge in [-0.3, -0.25) is 0 Å². The largest absolute Gasteiger partial charge is 0.339 e. The van der Waals surface area contributed by atoms with Crippen molar-refractivity contribution in [3.63, 3.8) is 0 Å². The summed E-state index contributed by atoms with van der Waals surface area (Å²) in [5, 5.41) is 7.80. The Morgan fingerprint density at radius 1 is 1.29 bits per heavy atom. The van der Waals surface area contributed by atoms with Crippen LogP contribution in [-0.4, -0.2) is 16.7 Å². The van der Waals surface area contributed by atoms with E-state index in [1.165, 1.54) is 5.56 Å². The Morgan fingerprint density at radius 2 is 2.06 bits per heavy atom. The van der Waals surface area contributed by atoms with Crippen LogP contribution in [0.4, 0.5) is 0 Å². The van der Waals surface area contributed by atoms with Crippen LogP contribution < -0.4 is 5.32 Å². The van der Waals surface area contributed by atoms with E-state index in [1.54, 1.807) is 0 Å². The van der Waals surface area contributed by atoms with Gasteiger partial charge in [0, 0.05) is 24.5 Å². The van der Waals surface area contributed by atoms with Gasteiger partial charge in [-0.25, -0.2) is 0 Å². The fraction of sp³-hybridized carbons (Fsp3) is 0.333. The van der Waals surface area contributed by atoms with Gasteiger partial charge >= 0.3 is 0 Å². The van der Waals surface area contributed by atoms with Crippen LogP contribution in [0.2, 0.25) is 5.02 Å². The summed E-state index contributed by atoms with van der Waals surface area (Å²) in [6.07, 6.45) is 0.744. The van der Waals surface area contributed by atoms with Crippen molar-refractivity contribution in [2.75, 3.05) is 6.54 Å². The van der Waals surface area contributed by atoms with Crippen molar-refractivity contribution in [2.45, 2.75) is 19.9 Å². The molecule has 0 atom stereocenters. The summed E-state index contributed by atoms with van der Waals surface area (Å²) in [5.41, 5.74) is 1.20. The van der Waals surface area contributed by atoms with E-state index in [0.717, 1.165) is 24.5 Å². The first-order chi connectivity index (χ1) is 8.24. The van der Waals surface area contributed by atoms with Crippen LogP contribution in [0, 0.1) is 6.92 Å². The second kappa shape index (κ2) is 5.80. The van der Waals surface area contributed by atoms with Crippen molar-refractivity contribution in [3.8, 4) is 0 Å². The summed E-state index contributed by atoms with van der Waals surface area (Å²) < 4.78 is 5.01. The van der Waals surface area contributed by atoms with Gasteiger partial charge in [0.1, 0.15) is 0 Å². The molecule has 2 aromatic rings. The zero-order valence-electron chi connectivity index (χ0n) is 9.61. The fourth-order valence-electron chi connectivity index (χ4n) is 1.47.